The molecule has 5 nitrogen and oxygen atoms in total. The van der Waals surface area contributed by atoms with E-state index in [0.29, 0.717) is 6.61 Å². The van der Waals surface area contributed by atoms with Crippen LogP contribution in [-0.4, -0.2) is 26.7 Å². The fourth-order valence-electron chi connectivity index (χ4n) is 1.09. The van der Waals surface area contributed by atoms with Crippen LogP contribution in [0.15, 0.2) is 30.7 Å². The number of pyridine rings is 1. The summed E-state index contributed by atoms with van der Waals surface area (Å²) in [6.45, 7) is 2.46. The van der Waals surface area contributed by atoms with Crippen LogP contribution >= 0.6 is 0 Å². The van der Waals surface area contributed by atoms with Crippen molar-refractivity contribution in [1.29, 1.82) is 0 Å². The Morgan fingerprint density at radius 1 is 1.50 bits per heavy atom. The summed E-state index contributed by atoms with van der Waals surface area (Å²) in [7, 11) is 0. The zero-order valence-corrected chi connectivity index (χ0v) is 7.79. The van der Waals surface area contributed by atoms with E-state index in [9.17, 15) is 0 Å². The third-order valence-electron chi connectivity index (χ3n) is 1.69. The van der Waals surface area contributed by atoms with Gasteiger partial charge in [0.05, 0.1) is 6.20 Å². The summed E-state index contributed by atoms with van der Waals surface area (Å²) in [5, 5.41) is 7.75. The Morgan fingerprint density at radius 3 is 3.14 bits per heavy atom. The van der Waals surface area contributed by atoms with E-state index in [2.05, 4.69) is 15.3 Å². The molecular formula is C9H10N4O. The molecule has 0 N–H and O–H groups in total. The van der Waals surface area contributed by atoms with Crippen LogP contribution < -0.4 is 4.84 Å². The van der Waals surface area contributed by atoms with Crippen LogP contribution in [0.3, 0.4) is 0 Å². The van der Waals surface area contributed by atoms with Crippen molar-refractivity contribution < 1.29 is 4.84 Å². The summed E-state index contributed by atoms with van der Waals surface area (Å²) in [6.07, 6.45) is 5.18. The maximum Gasteiger partial charge on any atom is 0.118 e. The van der Waals surface area contributed by atoms with Gasteiger partial charge in [0.15, 0.2) is 0 Å². The van der Waals surface area contributed by atoms with E-state index in [-0.39, 0.29) is 0 Å². The van der Waals surface area contributed by atoms with Gasteiger partial charge in [-0.1, -0.05) is 4.85 Å². The molecule has 0 aliphatic carbocycles. The molecule has 2 aromatic heterocycles. The molecule has 14 heavy (non-hydrogen) atoms. The van der Waals surface area contributed by atoms with E-state index in [1.54, 1.807) is 18.6 Å². The van der Waals surface area contributed by atoms with Gasteiger partial charge in [-0.3, -0.25) is 4.98 Å². The third kappa shape index (κ3) is 1.71. The first-order chi connectivity index (χ1) is 6.90. The Kier molecular flexibility index (Phi) is 2.40. The van der Waals surface area contributed by atoms with Crippen LogP contribution in [-0.2, 0) is 0 Å². The molecule has 72 valence electrons. The molecule has 0 atom stereocenters. The smallest absolute Gasteiger partial charge is 0.118 e. The van der Waals surface area contributed by atoms with Crippen LogP contribution in [0.1, 0.15) is 6.92 Å². The quantitative estimate of drug-likeness (QED) is 0.718. The van der Waals surface area contributed by atoms with Gasteiger partial charge in [-0.05, 0) is 24.3 Å². The first-order valence-corrected chi connectivity index (χ1v) is 4.36. The maximum absolute atomic E-state index is 5.13. The van der Waals surface area contributed by atoms with Crippen molar-refractivity contribution >= 4 is 0 Å². The maximum atomic E-state index is 5.13. The first kappa shape index (κ1) is 8.68. The minimum atomic E-state index is 0.565. The Labute approximate surface area is 81.3 Å². The molecule has 0 amide bonds. The molecule has 0 aliphatic rings. The average Bonchev–Trinajstić information content (AvgIpc) is 2.68. The minimum absolute atomic E-state index is 0.565. The van der Waals surface area contributed by atoms with Crippen LogP contribution in [0.2, 0.25) is 0 Å². The Morgan fingerprint density at radius 2 is 2.43 bits per heavy atom. The van der Waals surface area contributed by atoms with Gasteiger partial charge in [-0.25, -0.2) is 0 Å². The fraction of sp³-hybridized carbons (Fsp3) is 0.222. The molecule has 0 radical (unpaired) electrons. The summed E-state index contributed by atoms with van der Waals surface area (Å²) in [5.41, 5.74) is 1.69. The highest BCUT2D eigenvalue weighted by atomic mass is 16.7. The molecular weight excluding hydrogens is 180 g/mol. The predicted molar refractivity (Wildman–Crippen MR) is 50.4 cm³/mol. The van der Waals surface area contributed by atoms with Crippen LogP contribution in [0.25, 0.3) is 11.3 Å². The van der Waals surface area contributed by atoms with E-state index in [1.165, 1.54) is 4.85 Å². The standard InChI is InChI=1S/C9H10N4O/c1-2-14-13-7-9(11-12-13)8-4-3-5-10-6-8/h3-7H,2H2,1H3. The lowest BCUT2D eigenvalue weighted by molar-refractivity contribution is 0.0885. The molecule has 0 unspecified atom stereocenters. The summed E-state index contributed by atoms with van der Waals surface area (Å²) in [6, 6.07) is 3.78. The molecule has 0 saturated carbocycles. The van der Waals surface area contributed by atoms with E-state index in [4.69, 9.17) is 4.84 Å². The zero-order valence-electron chi connectivity index (χ0n) is 7.79. The van der Waals surface area contributed by atoms with Gasteiger partial charge < -0.3 is 4.84 Å². The number of hydrogen-bond acceptors (Lipinski definition) is 4. The molecule has 0 aliphatic heterocycles. The topological polar surface area (TPSA) is 52.8 Å². The van der Waals surface area contributed by atoms with E-state index >= 15 is 0 Å². The average molecular weight is 190 g/mol. The molecule has 0 aromatic carbocycles. The number of hydrogen-bond donors (Lipinski definition) is 0. The second-order valence-corrected chi connectivity index (χ2v) is 2.67. The van der Waals surface area contributed by atoms with Gasteiger partial charge in [0.25, 0.3) is 0 Å². The lowest BCUT2D eigenvalue weighted by Gasteiger charge is -1.96. The highest BCUT2D eigenvalue weighted by Crippen LogP contribution is 2.12. The molecule has 5 heteroatoms. The van der Waals surface area contributed by atoms with Crippen molar-refractivity contribution in [3.05, 3.63) is 30.7 Å². The van der Waals surface area contributed by atoms with Crippen LogP contribution in [0, 0.1) is 0 Å². The van der Waals surface area contributed by atoms with Crippen LogP contribution in [0.4, 0.5) is 0 Å². The summed E-state index contributed by atoms with van der Waals surface area (Å²) < 4.78 is 0. The van der Waals surface area contributed by atoms with Crippen molar-refractivity contribution in [2.24, 2.45) is 0 Å². The highest BCUT2D eigenvalue weighted by Gasteiger charge is 2.02. The molecule has 0 bridgehead atoms. The van der Waals surface area contributed by atoms with Gasteiger partial charge in [0.2, 0.25) is 0 Å². The van der Waals surface area contributed by atoms with E-state index < -0.39 is 0 Å². The summed E-state index contributed by atoms with van der Waals surface area (Å²) >= 11 is 0. The van der Waals surface area contributed by atoms with Crippen molar-refractivity contribution in [2.75, 3.05) is 6.61 Å². The Hall–Kier alpha value is -1.91. The fourth-order valence-corrected chi connectivity index (χ4v) is 1.09. The predicted octanol–water partition coefficient (Wildman–Crippen LogP) is 0.789. The van der Waals surface area contributed by atoms with Crippen molar-refractivity contribution in [3.63, 3.8) is 0 Å². The summed E-state index contributed by atoms with van der Waals surface area (Å²) in [5.74, 6) is 0. The highest BCUT2D eigenvalue weighted by molar-refractivity contribution is 5.55. The zero-order chi connectivity index (χ0) is 9.80. The number of rotatable bonds is 3. The van der Waals surface area contributed by atoms with Gasteiger partial charge in [-0.2, -0.15) is 0 Å². The van der Waals surface area contributed by atoms with E-state index in [0.717, 1.165) is 11.3 Å². The first-order valence-electron chi connectivity index (χ1n) is 4.36. The SMILES string of the molecule is CCOn1cc(-c2cccnc2)nn1. The second kappa shape index (κ2) is 3.87. The Bertz CT molecular complexity index is 398. The van der Waals surface area contributed by atoms with Gasteiger partial charge in [0, 0.05) is 18.0 Å². The lowest BCUT2D eigenvalue weighted by Crippen LogP contribution is -2.10. The molecule has 2 aromatic rings. The van der Waals surface area contributed by atoms with Crippen molar-refractivity contribution in [3.8, 4) is 11.3 Å². The minimum Gasteiger partial charge on any atom is -0.396 e. The van der Waals surface area contributed by atoms with Gasteiger partial charge in [-0.15, -0.1) is 5.10 Å². The van der Waals surface area contributed by atoms with Crippen LogP contribution in [0.5, 0.6) is 0 Å². The number of aromatic nitrogens is 4. The van der Waals surface area contributed by atoms with Gasteiger partial charge in [0.1, 0.15) is 12.3 Å². The molecule has 2 rings (SSSR count). The molecule has 2 heterocycles. The largest absolute Gasteiger partial charge is 0.396 e. The molecule has 0 spiro atoms. The second-order valence-electron chi connectivity index (χ2n) is 2.67. The molecule has 0 saturated heterocycles. The third-order valence-corrected chi connectivity index (χ3v) is 1.69. The van der Waals surface area contributed by atoms with E-state index in [1.807, 2.05) is 19.1 Å². The number of nitrogens with zero attached hydrogens (tertiary/aromatic N) is 4. The molecule has 0 fully saturated rings. The lowest BCUT2D eigenvalue weighted by atomic mass is 10.2. The Balaban J connectivity index is 2.25. The monoisotopic (exact) mass is 190 g/mol. The normalized spacial score (nSPS) is 10.1. The van der Waals surface area contributed by atoms with Gasteiger partial charge >= 0.3 is 0 Å². The van der Waals surface area contributed by atoms with Crippen molar-refractivity contribution in [2.45, 2.75) is 6.92 Å². The summed E-state index contributed by atoms with van der Waals surface area (Å²) in [4.78, 5) is 10.5. The van der Waals surface area contributed by atoms with Crippen molar-refractivity contribution in [1.82, 2.24) is 20.1 Å².